The summed E-state index contributed by atoms with van der Waals surface area (Å²) in [5.41, 5.74) is 0.785. The largest absolute Gasteiger partial charge is 0.268 e. The van der Waals surface area contributed by atoms with Crippen LogP contribution >= 0.6 is 0 Å². The molecule has 0 aliphatic heterocycles. The van der Waals surface area contributed by atoms with Gasteiger partial charge in [-0.15, -0.1) is 11.8 Å². The van der Waals surface area contributed by atoms with Crippen molar-refractivity contribution in [1.29, 1.82) is 0 Å². The number of aromatic nitrogens is 2. The molecule has 0 amide bonds. The fraction of sp³-hybridized carbons (Fsp3) is 0.400. The Morgan fingerprint density at radius 3 is 3.00 bits per heavy atom. The van der Waals surface area contributed by atoms with Crippen molar-refractivity contribution in [3.8, 4) is 11.8 Å². The summed E-state index contributed by atoms with van der Waals surface area (Å²) in [6, 6.07) is 3.24. The van der Waals surface area contributed by atoms with E-state index >= 15 is 0 Å². The van der Waals surface area contributed by atoms with Crippen LogP contribution in [0.4, 0.5) is 0 Å². The van der Waals surface area contributed by atoms with E-state index in [2.05, 4.69) is 16.9 Å². The maximum absolute atomic E-state index is 11.2. The van der Waals surface area contributed by atoms with Crippen LogP contribution in [0.5, 0.6) is 0 Å². The third-order valence-electron chi connectivity index (χ3n) is 1.63. The monoisotopic (exact) mass is 176 g/mol. The molecule has 3 heteroatoms. The second kappa shape index (κ2) is 4.46. The third kappa shape index (κ3) is 2.75. The zero-order valence-corrected chi connectivity index (χ0v) is 7.87. The summed E-state index contributed by atoms with van der Waals surface area (Å²) in [5.74, 6) is 5.67. The Bertz CT molecular complexity index is 395. The molecule has 0 N–H and O–H groups in total. The van der Waals surface area contributed by atoms with Crippen molar-refractivity contribution in [1.82, 2.24) is 9.78 Å². The third-order valence-corrected chi connectivity index (χ3v) is 1.63. The highest BCUT2D eigenvalue weighted by Gasteiger charge is 1.95. The molecule has 13 heavy (non-hydrogen) atoms. The minimum absolute atomic E-state index is 0.0662. The van der Waals surface area contributed by atoms with Gasteiger partial charge in [0.15, 0.2) is 0 Å². The molecule has 0 saturated heterocycles. The summed E-state index contributed by atoms with van der Waals surface area (Å²) in [4.78, 5) is 11.2. The van der Waals surface area contributed by atoms with Gasteiger partial charge in [0.1, 0.15) is 0 Å². The number of hydrogen-bond acceptors (Lipinski definition) is 2. The number of aryl methyl sites for hydroxylation is 2. The minimum Gasteiger partial charge on any atom is -0.268 e. The lowest BCUT2D eigenvalue weighted by Gasteiger charge is -2.00. The predicted molar refractivity (Wildman–Crippen MR) is 51.3 cm³/mol. The molecule has 1 aromatic heterocycles. The van der Waals surface area contributed by atoms with Crippen molar-refractivity contribution < 1.29 is 0 Å². The van der Waals surface area contributed by atoms with Crippen LogP contribution in [0.1, 0.15) is 19.0 Å². The second-order valence-electron chi connectivity index (χ2n) is 2.71. The molecular weight excluding hydrogens is 164 g/mol. The SMILES string of the molecule is CC#CCCn1nc(C)ccc1=O. The Kier molecular flexibility index (Phi) is 3.27. The van der Waals surface area contributed by atoms with E-state index in [9.17, 15) is 4.79 Å². The molecule has 0 aromatic carbocycles. The van der Waals surface area contributed by atoms with Gasteiger partial charge in [-0.25, -0.2) is 4.68 Å². The van der Waals surface area contributed by atoms with E-state index in [4.69, 9.17) is 0 Å². The normalized spacial score (nSPS) is 9.08. The first-order chi connectivity index (χ1) is 6.24. The summed E-state index contributed by atoms with van der Waals surface area (Å²) in [6.07, 6.45) is 0.673. The average molecular weight is 176 g/mol. The lowest BCUT2D eigenvalue weighted by Crippen LogP contribution is -2.22. The molecule has 3 nitrogen and oxygen atoms in total. The Hall–Kier alpha value is -1.56. The Morgan fingerprint density at radius 2 is 2.31 bits per heavy atom. The molecule has 0 fully saturated rings. The van der Waals surface area contributed by atoms with E-state index in [1.54, 1.807) is 13.0 Å². The van der Waals surface area contributed by atoms with Crippen molar-refractivity contribution in [3.63, 3.8) is 0 Å². The fourth-order valence-electron chi connectivity index (χ4n) is 0.998. The highest BCUT2D eigenvalue weighted by molar-refractivity contribution is 4.98. The van der Waals surface area contributed by atoms with Gasteiger partial charge < -0.3 is 0 Å². The molecule has 0 spiro atoms. The van der Waals surface area contributed by atoms with Crippen LogP contribution in [-0.4, -0.2) is 9.78 Å². The maximum atomic E-state index is 11.2. The molecule has 1 rings (SSSR count). The van der Waals surface area contributed by atoms with E-state index in [-0.39, 0.29) is 5.56 Å². The Labute approximate surface area is 77.4 Å². The lowest BCUT2D eigenvalue weighted by atomic mass is 10.4. The van der Waals surface area contributed by atoms with Gasteiger partial charge in [-0.05, 0) is 19.9 Å². The number of nitrogens with zero attached hydrogens (tertiary/aromatic N) is 2. The Morgan fingerprint density at radius 1 is 1.54 bits per heavy atom. The van der Waals surface area contributed by atoms with Gasteiger partial charge in [0.25, 0.3) is 5.56 Å². The van der Waals surface area contributed by atoms with Crippen LogP contribution in [0, 0.1) is 18.8 Å². The smallest absolute Gasteiger partial charge is 0.266 e. The van der Waals surface area contributed by atoms with Crippen LogP contribution in [0.25, 0.3) is 0 Å². The van der Waals surface area contributed by atoms with Gasteiger partial charge in [0.2, 0.25) is 0 Å². The van der Waals surface area contributed by atoms with Crippen molar-refractivity contribution in [3.05, 3.63) is 28.2 Å². The summed E-state index contributed by atoms with van der Waals surface area (Å²) in [5, 5.41) is 4.08. The van der Waals surface area contributed by atoms with Gasteiger partial charge >= 0.3 is 0 Å². The molecule has 0 saturated carbocycles. The first kappa shape index (κ1) is 9.53. The maximum Gasteiger partial charge on any atom is 0.266 e. The van der Waals surface area contributed by atoms with Crippen LogP contribution < -0.4 is 5.56 Å². The average Bonchev–Trinajstić information content (AvgIpc) is 2.11. The van der Waals surface area contributed by atoms with Gasteiger partial charge in [0, 0.05) is 12.5 Å². The van der Waals surface area contributed by atoms with E-state index in [1.807, 2.05) is 6.92 Å². The zero-order valence-electron chi connectivity index (χ0n) is 7.87. The quantitative estimate of drug-likeness (QED) is 0.629. The van der Waals surface area contributed by atoms with E-state index in [0.29, 0.717) is 13.0 Å². The van der Waals surface area contributed by atoms with Crippen molar-refractivity contribution in [2.75, 3.05) is 0 Å². The van der Waals surface area contributed by atoms with Crippen LogP contribution in [-0.2, 0) is 6.54 Å². The summed E-state index contributed by atoms with van der Waals surface area (Å²) in [6.45, 7) is 4.22. The van der Waals surface area contributed by atoms with Gasteiger partial charge in [-0.1, -0.05) is 0 Å². The predicted octanol–water partition coefficient (Wildman–Crippen LogP) is 0.965. The van der Waals surface area contributed by atoms with Crippen LogP contribution in [0.2, 0.25) is 0 Å². The standard InChI is InChI=1S/C10H12N2O/c1-3-4-5-8-12-10(13)7-6-9(2)11-12/h6-7H,5,8H2,1-2H3. The fourth-order valence-corrected chi connectivity index (χ4v) is 0.998. The van der Waals surface area contributed by atoms with Crippen LogP contribution in [0.15, 0.2) is 16.9 Å². The number of rotatable bonds is 2. The Balaban J connectivity index is 2.79. The molecule has 0 unspecified atom stereocenters. The lowest BCUT2D eigenvalue weighted by molar-refractivity contribution is 0.582. The van der Waals surface area contributed by atoms with Gasteiger partial charge in [-0.3, -0.25) is 4.79 Å². The first-order valence-corrected chi connectivity index (χ1v) is 4.18. The molecule has 68 valence electrons. The molecule has 0 bridgehead atoms. The first-order valence-electron chi connectivity index (χ1n) is 4.18. The molecule has 0 atom stereocenters. The molecule has 1 aromatic rings. The van der Waals surface area contributed by atoms with E-state index in [1.165, 1.54) is 10.7 Å². The van der Waals surface area contributed by atoms with Gasteiger partial charge in [-0.2, -0.15) is 5.10 Å². The highest BCUT2D eigenvalue weighted by atomic mass is 16.1. The second-order valence-corrected chi connectivity index (χ2v) is 2.71. The molecule has 1 heterocycles. The van der Waals surface area contributed by atoms with E-state index in [0.717, 1.165) is 5.69 Å². The molecule has 0 aliphatic rings. The molecule has 0 radical (unpaired) electrons. The highest BCUT2D eigenvalue weighted by Crippen LogP contribution is 1.87. The summed E-state index contributed by atoms with van der Waals surface area (Å²) in [7, 11) is 0. The summed E-state index contributed by atoms with van der Waals surface area (Å²) >= 11 is 0. The van der Waals surface area contributed by atoms with Crippen molar-refractivity contribution in [2.24, 2.45) is 0 Å². The zero-order chi connectivity index (χ0) is 9.68. The van der Waals surface area contributed by atoms with Crippen molar-refractivity contribution in [2.45, 2.75) is 26.8 Å². The van der Waals surface area contributed by atoms with E-state index < -0.39 is 0 Å². The van der Waals surface area contributed by atoms with Gasteiger partial charge in [0.05, 0.1) is 12.2 Å². The van der Waals surface area contributed by atoms with Crippen molar-refractivity contribution >= 4 is 0 Å². The molecule has 0 aliphatic carbocycles. The topological polar surface area (TPSA) is 34.9 Å². The molecular formula is C10H12N2O. The number of hydrogen-bond donors (Lipinski definition) is 0. The minimum atomic E-state index is -0.0662. The summed E-state index contributed by atoms with van der Waals surface area (Å²) < 4.78 is 1.44. The van der Waals surface area contributed by atoms with Crippen LogP contribution in [0.3, 0.4) is 0 Å².